The molecule has 0 aromatic heterocycles. The van der Waals surface area contributed by atoms with Crippen LogP contribution in [0.2, 0.25) is 0 Å². The fourth-order valence-electron chi connectivity index (χ4n) is 6.30. The average Bonchev–Trinajstić information content (AvgIpc) is 3.08. The Labute approximate surface area is 156 Å². The van der Waals surface area contributed by atoms with Crippen LogP contribution in [0.1, 0.15) is 56.8 Å². The van der Waals surface area contributed by atoms with E-state index in [2.05, 4.69) is 50.4 Å². The number of hydrogen-bond donors (Lipinski definition) is 2. The normalized spacial score (nSPS) is 37.4. The SMILES string of the molecule is Cc1cccc([C@H]2OCCC34C[C@@H](C[C@H]23)C(C)(C)[C@@H]4NC(=O)CCO)c1. The van der Waals surface area contributed by atoms with Crippen LogP contribution in [0.3, 0.4) is 0 Å². The van der Waals surface area contributed by atoms with Gasteiger partial charge in [-0.3, -0.25) is 4.79 Å². The second-order valence-corrected chi connectivity index (χ2v) is 9.23. The number of carbonyl (C=O) groups excluding carboxylic acids is 1. The van der Waals surface area contributed by atoms with Gasteiger partial charge in [-0.15, -0.1) is 0 Å². The summed E-state index contributed by atoms with van der Waals surface area (Å²) in [6.45, 7) is 7.41. The molecule has 2 N–H and O–H groups in total. The average molecular weight is 357 g/mol. The van der Waals surface area contributed by atoms with Crippen molar-refractivity contribution < 1.29 is 14.6 Å². The summed E-state index contributed by atoms with van der Waals surface area (Å²) in [4.78, 5) is 12.3. The van der Waals surface area contributed by atoms with E-state index in [0.29, 0.717) is 11.8 Å². The number of fused-ring (bicyclic) bond motifs is 1. The zero-order valence-electron chi connectivity index (χ0n) is 16.1. The van der Waals surface area contributed by atoms with Gasteiger partial charge in [0.2, 0.25) is 5.91 Å². The van der Waals surface area contributed by atoms with Gasteiger partial charge in [0.1, 0.15) is 0 Å². The molecule has 0 radical (unpaired) electrons. The minimum Gasteiger partial charge on any atom is -0.396 e. The Hall–Kier alpha value is -1.39. The Morgan fingerprint density at radius 2 is 2.19 bits per heavy atom. The van der Waals surface area contributed by atoms with Crippen molar-refractivity contribution in [3.8, 4) is 0 Å². The van der Waals surface area contributed by atoms with Crippen LogP contribution in [-0.4, -0.2) is 30.3 Å². The number of aryl methyl sites for hydroxylation is 1. The molecule has 1 aromatic carbocycles. The Kier molecular flexibility index (Phi) is 4.39. The van der Waals surface area contributed by atoms with E-state index in [1.165, 1.54) is 24.0 Å². The second kappa shape index (κ2) is 6.35. The Morgan fingerprint density at radius 1 is 1.38 bits per heavy atom. The number of amides is 1. The van der Waals surface area contributed by atoms with Crippen LogP contribution < -0.4 is 5.32 Å². The highest BCUT2D eigenvalue weighted by atomic mass is 16.5. The molecule has 2 bridgehead atoms. The molecule has 1 heterocycles. The van der Waals surface area contributed by atoms with E-state index in [0.717, 1.165) is 13.0 Å². The van der Waals surface area contributed by atoms with Crippen LogP contribution in [-0.2, 0) is 9.53 Å². The zero-order valence-corrected chi connectivity index (χ0v) is 16.1. The van der Waals surface area contributed by atoms with Crippen LogP contribution in [0, 0.1) is 29.6 Å². The number of aliphatic hydroxyl groups excluding tert-OH is 1. The van der Waals surface area contributed by atoms with Crippen LogP contribution in [0.5, 0.6) is 0 Å². The van der Waals surface area contributed by atoms with E-state index < -0.39 is 0 Å². The minimum absolute atomic E-state index is 0.0233. The molecule has 4 heteroatoms. The number of nitrogens with one attached hydrogen (secondary N) is 1. The molecular formula is C22H31NO3. The van der Waals surface area contributed by atoms with Crippen molar-refractivity contribution in [1.29, 1.82) is 0 Å². The van der Waals surface area contributed by atoms with Crippen molar-refractivity contribution in [1.82, 2.24) is 5.32 Å². The maximum Gasteiger partial charge on any atom is 0.222 e. The van der Waals surface area contributed by atoms with Gasteiger partial charge in [0, 0.05) is 19.1 Å². The topological polar surface area (TPSA) is 58.6 Å². The maximum atomic E-state index is 12.3. The van der Waals surface area contributed by atoms with Crippen molar-refractivity contribution >= 4 is 5.91 Å². The second-order valence-electron chi connectivity index (χ2n) is 9.23. The molecule has 1 unspecified atom stereocenters. The molecule has 4 nitrogen and oxygen atoms in total. The van der Waals surface area contributed by atoms with Crippen molar-refractivity contribution in [2.24, 2.45) is 22.7 Å². The summed E-state index contributed by atoms with van der Waals surface area (Å²) in [6, 6.07) is 8.85. The first-order valence-corrected chi connectivity index (χ1v) is 9.97. The largest absolute Gasteiger partial charge is 0.396 e. The smallest absolute Gasteiger partial charge is 0.222 e. The molecule has 1 saturated heterocycles. The van der Waals surface area contributed by atoms with Crippen LogP contribution in [0.15, 0.2) is 24.3 Å². The van der Waals surface area contributed by atoms with E-state index in [9.17, 15) is 4.79 Å². The summed E-state index contributed by atoms with van der Waals surface area (Å²) in [6.07, 6.45) is 3.69. The first-order chi connectivity index (χ1) is 12.4. The van der Waals surface area contributed by atoms with Crippen molar-refractivity contribution in [2.45, 2.75) is 58.6 Å². The van der Waals surface area contributed by atoms with Crippen molar-refractivity contribution in [3.05, 3.63) is 35.4 Å². The van der Waals surface area contributed by atoms with E-state index in [1.54, 1.807) is 0 Å². The van der Waals surface area contributed by atoms with E-state index in [4.69, 9.17) is 9.84 Å². The lowest BCUT2D eigenvalue weighted by Gasteiger charge is -2.53. The third kappa shape index (κ3) is 2.61. The van der Waals surface area contributed by atoms with E-state index in [-0.39, 0.29) is 41.9 Å². The molecule has 5 atom stereocenters. The summed E-state index contributed by atoms with van der Waals surface area (Å²) in [7, 11) is 0. The quantitative estimate of drug-likeness (QED) is 0.868. The standard InChI is InChI=1S/C22H31NO3/c1-14-5-4-6-15(11-14)19-17-12-16-13-22(17,8-10-26-19)20(21(16,2)3)23-18(25)7-9-24/h4-6,11,16-17,19-20,24H,7-10,12-13H2,1-3H3,(H,23,25)/t16-,17-,19-,20+,22?/m1/s1. The highest BCUT2D eigenvalue weighted by Crippen LogP contribution is 2.70. The van der Waals surface area contributed by atoms with Gasteiger partial charge in [-0.1, -0.05) is 43.7 Å². The van der Waals surface area contributed by atoms with Gasteiger partial charge in [-0.05, 0) is 54.4 Å². The lowest BCUT2D eigenvalue weighted by molar-refractivity contribution is -0.137. The summed E-state index contributed by atoms with van der Waals surface area (Å²) in [5, 5.41) is 12.5. The molecule has 3 aliphatic rings. The van der Waals surface area contributed by atoms with Gasteiger partial charge < -0.3 is 15.2 Å². The Balaban J connectivity index is 1.67. The molecule has 2 saturated carbocycles. The van der Waals surface area contributed by atoms with Gasteiger partial charge in [0.25, 0.3) is 0 Å². The molecule has 3 fully saturated rings. The van der Waals surface area contributed by atoms with Gasteiger partial charge in [-0.25, -0.2) is 0 Å². The van der Waals surface area contributed by atoms with Gasteiger partial charge in [0.15, 0.2) is 0 Å². The first-order valence-electron chi connectivity index (χ1n) is 9.97. The molecule has 4 rings (SSSR count). The molecule has 1 aromatic rings. The Morgan fingerprint density at radius 3 is 2.92 bits per heavy atom. The molecule has 1 aliphatic heterocycles. The fourth-order valence-corrected chi connectivity index (χ4v) is 6.30. The monoisotopic (exact) mass is 357 g/mol. The van der Waals surface area contributed by atoms with Gasteiger partial charge in [0.05, 0.1) is 12.7 Å². The summed E-state index contributed by atoms with van der Waals surface area (Å²) in [5.41, 5.74) is 2.75. The van der Waals surface area contributed by atoms with Crippen LogP contribution in [0.4, 0.5) is 0 Å². The van der Waals surface area contributed by atoms with E-state index in [1.807, 2.05) is 0 Å². The van der Waals surface area contributed by atoms with Crippen molar-refractivity contribution in [3.63, 3.8) is 0 Å². The Bertz CT molecular complexity index is 700. The molecule has 142 valence electrons. The summed E-state index contributed by atoms with van der Waals surface area (Å²) in [5.74, 6) is 1.04. The first kappa shape index (κ1) is 18.0. The highest BCUT2D eigenvalue weighted by molar-refractivity contribution is 5.76. The van der Waals surface area contributed by atoms with Crippen LogP contribution >= 0.6 is 0 Å². The molecular weight excluding hydrogens is 326 g/mol. The lowest BCUT2D eigenvalue weighted by atomic mass is 9.58. The van der Waals surface area contributed by atoms with E-state index >= 15 is 0 Å². The maximum absolute atomic E-state index is 12.3. The van der Waals surface area contributed by atoms with Gasteiger partial charge >= 0.3 is 0 Å². The molecule has 1 amide bonds. The van der Waals surface area contributed by atoms with Crippen molar-refractivity contribution in [2.75, 3.05) is 13.2 Å². The fraction of sp³-hybridized carbons (Fsp3) is 0.682. The molecule has 1 spiro atoms. The number of ether oxygens (including phenoxy) is 1. The predicted molar refractivity (Wildman–Crippen MR) is 101 cm³/mol. The van der Waals surface area contributed by atoms with Crippen LogP contribution in [0.25, 0.3) is 0 Å². The summed E-state index contributed by atoms with van der Waals surface area (Å²) < 4.78 is 6.30. The minimum atomic E-state index is -0.0894. The lowest BCUT2D eigenvalue weighted by Crippen LogP contribution is -2.59. The zero-order chi connectivity index (χ0) is 18.5. The summed E-state index contributed by atoms with van der Waals surface area (Å²) >= 11 is 0. The molecule has 2 aliphatic carbocycles. The number of rotatable bonds is 4. The number of carbonyl (C=O) groups is 1. The third-order valence-corrected chi connectivity index (χ3v) is 7.52. The number of benzene rings is 1. The number of aliphatic hydroxyl groups is 1. The van der Waals surface area contributed by atoms with Gasteiger partial charge in [-0.2, -0.15) is 0 Å². The predicted octanol–water partition coefficient (Wildman–Crippen LogP) is 3.38. The highest BCUT2D eigenvalue weighted by Gasteiger charge is 2.68. The third-order valence-electron chi connectivity index (χ3n) is 7.52. The molecule has 26 heavy (non-hydrogen) atoms. The number of hydrogen-bond acceptors (Lipinski definition) is 3.